The largest absolute Gasteiger partial charge is 0.360 e. The summed E-state index contributed by atoms with van der Waals surface area (Å²) in [7, 11) is 0. The Kier molecular flexibility index (Phi) is 3.81. The van der Waals surface area contributed by atoms with Crippen molar-refractivity contribution in [1.82, 2.24) is 4.98 Å². The number of benzene rings is 3. The van der Waals surface area contributed by atoms with E-state index < -0.39 is 11.6 Å². The predicted octanol–water partition coefficient (Wildman–Crippen LogP) is 6.74. The summed E-state index contributed by atoms with van der Waals surface area (Å²) >= 11 is 6.37. The standard InChI is InChI=1S/C21H14ClF2N/c1-12-10-17-19(14(22)11-25-17)21(18(12)13-6-3-2-4-7-13)20-15(23)8-5-9-16(20)24/h2-11,25H,1H3. The van der Waals surface area contributed by atoms with Crippen LogP contribution in [0.5, 0.6) is 0 Å². The third kappa shape index (κ3) is 2.52. The predicted molar refractivity (Wildman–Crippen MR) is 98.8 cm³/mol. The number of nitrogens with one attached hydrogen (secondary N) is 1. The van der Waals surface area contributed by atoms with Gasteiger partial charge in [0, 0.05) is 22.7 Å². The van der Waals surface area contributed by atoms with Crippen molar-refractivity contribution in [2.24, 2.45) is 0 Å². The summed E-state index contributed by atoms with van der Waals surface area (Å²) in [5, 5.41) is 1.06. The van der Waals surface area contributed by atoms with Crippen LogP contribution in [0.3, 0.4) is 0 Å². The molecule has 4 aromatic rings. The molecule has 0 amide bonds. The van der Waals surface area contributed by atoms with E-state index in [1.54, 1.807) is 6.20 Å². The van der Waals surface area contributed by atoms with E-state index in [9.17, 15) is 8.78 Å². The van der Waals surface area contributed by atoms with Crippen molar-refractivity contribution in [1.29, 1.82) is 0 Å². The fourth-order valence-corrected chi connectivity index (χ4v) is 3.61. The molecule has 1 N–H and O–H groups in total. The molecule has 0 saturated heterocycles. The lowest BCUT2D eigenvalue weighted by Crippen LogP contribution is -1.96. The third-order valence-corrected chi connectivity index (χ3v) is 4.69. The first-order valence-electron chi connectivity index (χ1n) is 7.88. The first-order chi connectivity index (χ1) is 12.1. The van der Waals surface area contributed by atoms with Gasteiger partial charge in [0.1, 0.15) is 11.6 Å². The van der Waals surface area contributed by atoms with E-state index in [-0.39, 0.29) is 5.56 Å². The maximum absolute atomic E-state index is 14.6. The number of fused-ring (bicyclic) bond motifs is 1. The Morgan fingerprint density at radius 1 is 0.840 bits per heavy atom. The molecule has 1 heterocycles. The topological polar surface area (TPSA) is 15.8 Å². The van der Waals surface area contributed by atoms with Crippen LogP contribution in [0.1, 0.15) is 5.56 Å². The second-order valence-electron chi connectivity index (χ2n) is 5.97. The van der Waals surface area contributed by atoms with Crippen LogP contribution in [0.25, 0.3) is 33.2 Å². The summed E-state index contributed by atoms with van der Waals surface area (Å²) in [6.45, 7) is 1.93. The average Bonchev–Trinajstić information content (AvgIpc) is 2.96. The minimum atomic E-state index is -0.610. The van der Waals surface area contributed by atoms with E-state index in [0.29, 0.717) is 16.0 Å². The van der Waals surface area contributed by atoms with Gasteiger partial charge in [0.15, 0.2) is 0 Å². The molecule has 0 saturated carbocycles. The molecule has 124 valence electrons. The molecule has 0 aliphatic heterocycles. The SMILES string of the molecule is Cc1cc2[nH]cc(Cl)c2c(-c2c(F)cccc2F)c1-c1ccccc1. The van der Waals surface area contributed by atoms with E-state index in [2.05, 4.69) is 4.98 Å². The van der Waals surface area contributed by atoms with Gasteiger partial charge in [0.25, 0.3) is 0 Å². The Balaban J connectivity index is 2.23. The monoisotopic (exact) mass is 353 g/mol. The molecule has 3 aromatic carbocycles. The molecule has 0 unspecified atom stereocenters. The van der Waals surface area contributed by atoms with Crippen molar-refractivity contribution in [3.63, 3.8) is 0 Å². The molecule has 0 atom stereocenters. The van der Waals surface area contributed by atoms with Gasteiger partial charge in [-0.2, -0.15) is 0 Å². The molecule has 0 aliphatic carbocycles. The molecule has 0 spiro atoms. The van der Waals surface area contributed by atoms with Crippen molar-refractivity contribution >= 4 is 22.5 Å². The summed E-state index contributed by atoms with van der Waals surface area (Å²) in [6.07, 6.45) is 1.64. The highest BCUT2D eigenvalue weighted by Crippen LogP contribution is 2.44. The molecule has 25 heavy (non-hydrogen) atoms. The van der Waals surface area contributed by atoms with Crippen molar-refractivity contribution in [2.75, 3.05) is 0 Å². The molecule has 0 aliphatic rings. The van der Waals surface area contributed by atoms with Gasteiger partial charge < -0.3 is 4.98 Å². The summed E-state index contributed by atoms with van der Waals surface area (Å²) in [4.78, 5) is 3.08. The molecular formula is C21H14ClF2N. The second-order valence-corrected chi connectivity index (χ2v) is 6.37. The minimum absolute atomic E-state index is 0.0587. The van der Waals surface area contributed by atoms with E-state index >= 15 is 0 Å². The van der Waals surface area contributed by atoms with Gasteiger partial charge in [0.2, 0.25) is 0 Å². The van der Waals surface area contributed by atoms with Crippen LogP contribution in [0, 0.1) is 18.6 Å². The van der Waals surface area contributed by atoms with Crippen LogP contribution < -0.4 is 0 Å². The molecule has 1 nitrogen and oxygen atoms in total. The Morgan fingerprint density at radius 2 is 1.52 bits per heavy atom. The first kappa shape index (κ1) is 15.9. The maximum Gasteiger partial charge on any atom is 0.134 e. The number of aryl methyl sites for hydroxylation is 1. The zero-order valence-electron chi connectivity index (χ0n) is 13.4. The van der Waals surface area contributed by atoms with Crippen LogP contribution >= 0.6 is 11.6 Å². The lowest BCUT2D eigenvalue weighted by molar-refractivity contribution is 0.590. The van der Waals surface area contributed by atoms with E-state index in [1.165, 1.54) is 18.2 Å². The van der Waals surface area contributed by atoms with E-state index in [0.717, 1.165) is 22.2 Å². The molecule has 0 radical (unpaired) electrons. The Morgan fingerprint density at radius 3 is 2.20 bits per heavy atom. The second kappa shape index (κ2) is 6.01. The molecule has 1 aromatic heterocycles. The fraction of sp³-hybridized carbons (Fsp3) is 0.0476. The Hall–Kier alpha value is -2.65. The molecule has 0 fully saturated rings. The van der Waals surface area contributed by atoms with Crippen LogP contribution in [0.2, 0.25) is 5.02 Å². The van der Waals surface area contributed by atoms with Gasteiger partial charge in [-0.3, -0.25) is 0 Å². The van der Waals surface area contributed by atoms with Gasteiger partial charge in [0.05, 0.1) is 10.6 Å². The minimum Gasteiger partial charge on any atom is -0.360 e. The maximum atomic E-state index is 14.6. The fourth-order valence-electron chi connectivity index (χ4n) is 3.36. The van der Waals surface area contributed by atoms with Crippen molar-refractivity contribution in [3.8, 4) is 22.3 Å². The van der Waals surface area contributed by atoms with Crippen molar-refractivity contribution < 1.29 is 8.78 Å². The summed E-state index contributed by atoms with van der Waals surface area (Å²) in [5.41, 5.74) is 3.74. The van der Waals surface area contributed by atoms with Crippen LogP contribution in [-0.2, 0) is 0 Å². The number of hydrogen-bond acceptors (Lipinski definition) is 0. The number of rotatable bonds is 2. The van der Waals surface area contributed by atoms with Gasteiger partial charge in [-0.1, -0.05) is 48.0 Å². The van der Waals surface area contributed by atoms with Crippen LogP contribution in [0.15, 0.2) is 60.8 Å². The van der Waals surface area contributed by atoms with Gasteiger partial charge in [-0.25, -0.2) is 8.78 Å². The zero-order chi connectivity index (χ0) is 17.6. The lowest BCUT2D eigenvalue weighted by Gasteiger charge is -2.17. The molecular weight excluding hydrogens is 340 g/mol. The summed E-state index contributed by atoms with van der Waals surface area (Å²) in [6, 6.07) is 15.4. The van der Waals surface area contributed by atoms with Gasteiger partial charge in [-0.05, 0) is 41.8 Å². The Labute approximate surface area is 148 Å². The molecule has 4 heteroatoms. The smallest absolute Gasteiger partial charge is 0.134 e. The average molecular weight is 354 g/mol. The third-order valence-electron chi connectivity index (χ3n) is 4.39. The van der Waals surface area contributed by atoms with Crippen molar-refractivity contribution in [3.05, 3.63) is 83.0 Å². The van der Waals surface area contributed by atoms with E-state index in [1.807, 2.05) is 43.3 Å². The zero-order valence-corrected chi connectivity index (χ0v) is 14.2. The highest BCUT2D eigenvalue weighted by atomic mass is 35.5. The van der Waals surface area contributed by atoms with Gasteiger partial charge in [-0.15, -0.1) is 0 Å². The van der Waals surface area contributed by atoms with Crippen LogP contribution in [-0.4, -0.2) is 4.98 Å². The quantitative estimate of drug-likeness (QED) is 0.410. The summed E-state index contributed by atoms with van der Waals surface area (Å²) < 4.78 is 29.3. The van der Waals surface area contributed by atoms with E-state index in [4.69, 9.17) is 11.6 Å². The number of halogens is 3. The molecule has 0 bridgehead atoms. The highest BCUT2D eigenvalue weighted by molar-refractivity contribution is 6.37. The van der Waals surface area contributed by atoms with Gasteiger partial charge >= 0.3 is 0 Å². The number of H-pyrrole nitrogens is 1. The lowest BCUT2D eigenvalue weighted by atomic mass is 9.88. The number of hydrogen-bond donors (Lipinski definition) is 1. The number of aromatic amines is 1. The van der Waals surface area contributed by atoms with Crippen molar-refractivity contribution in [2.45, 2.75) is 6.92 Å². The summed E-state index contributed by atoms with van der Waals surface area (Å²) in [5.74, 6) is -1.22. The highest BCUT2D eigenvalue weighted by Gasteiger charge is 2.22. The number of aromatic nitrogens is 1. The normalized spacial score (nSPS) is 11.2. The van der Waals surface area contributed by atoms with Crippen LogP contribution in [0.4, 0.5) is 8.78 Å². The first-order valence-corrected chi connectivity index (χ1v) is 8.25. The molecule has 4 rings (SSSR count). The Bertz CT molecular complexity index is 1060.